The first-order valence-electron chi connectivity index (χ1n) is 7.79. The lowest BCUT2D eigenvalue weighted by Crippen LogP contribution is -2.61. The molecule has 18 heavy (non-hydrogen) atoms. The highest BCUT2D eigenvalue weighted by Crippen LogP contribution is 2.38. The largest absolute Gasteiger partial charge is 0.329 e. The van der Waals surface area contributed by atoms with Crippen molar-refractivity contribution >= 4 is 0 Å². The van der Waals surface area contributed by atoms with E-state index in [1.807, 2.05) is 0 Å². The molecule has 2 aliphatic rings. The number of hydrogen-bond acceptors (Lipinski definition) is 3. The molecule has 2 N–H and O–H groups in total. The van der Waals surface area contributed by atoms with Crippen molar-refractivity contribution in [3.63, 3.8) is 0 Å². The Labute approximate surface area is 113 Å². The molecule has 3 nitrogen and oxygen atoms in total. The molecule has 0 saturated carbocycles. The molecular formula is C15H31N3. The van der Waals surface area contributed by atoms with Gasteiger partial charge in [-0.25, -0.2) is 0 Å². The summed E-state index contributed by atoms with van der Waals surface area (Å²) in [5.41, 5.74) is 6.48. The van der Waals surface area contributed by atoms with Crippen LogP contribution in [0.4, 0.5) is 0 Å². The van der Waals surface area contributed by atoms with Gasteiger partial charge in [-0.15, -0.1) is 0 Å². The molecule has 106 valence electrons. The van der Waals surface area contributed by atoms with E-state index in [1.165, 1.54) is 51.7 Å². The van der Waals surface area contributed by atoms with Crippen LogP contribution in [0.5, 0.6) is 0 Å². The van der Waals surface area contributed by atoms with Crippen LogP contribution in [0.15, 0.2) is 0 Å². The van der Waals surface area contributed by atoms with Gasteiger partial charge < -0.3 is 5.73 Å². The highest BCUT2D eigenvalue weighted by atomic mass is 15.3. The maximum absolute atomic E-state index is 6.23. The second-order valence-corrected chi connectivity index (χ2v) is 6.50. The first-order valence-corrected chi connectivity index (χ1v) is 7.79. The van der Waals surface area contributed by atoms with E-state index in [4.69, 9.17) is 5.73 Å². The fraction of sp³-hybridized carbons (Fsp3) is 1.00. The number of fused-ring (bicyclic) bond motifs is 1. The van der Waals surface area contributed by atoms with Crippen molar-refractivity contribution in [1.82, 2.24) is 9.80 Å². The minimum absolute atomic E-state index is 0.254. The minimum atomic E-state index is 0.254. The maximum atomic E-state index is 6.23. The average Bonchev–Trinajstić information content (AvgIpc) is 2.78. The fourth-order valence-electron chi connectivity index (χ4n) is 3.99. The monoisotopic (exact) mass is 253 g/mol. The molecule has 3 atom stereocenters. The molecule has 0 bridgehead atoms. The number of likely N-dealkylation sites (N-methyl/N-ethyl adjacent to an activating group) is 1. The molecule has 0 aliphatic carbocycles. The summed E-state index contributed by atoms with van der Waals surface area (Å²) in [6.07, 6.45) is 6.65. The predicted octanol–water partition coefficient (Wildman–Crippen LogP) is 1.92. The molecule has 2 aliphatic heterocycles. The molecular weight excluding hydrogens is 222 g/mol. The van der Waals surface area contributed by atoms with Crippen LogP contribution in [0.1, 0.15) is 46.0 Å². The third-order valence-corrected chi connectivity index (χ3v) is 5.46. The van der Waals surface area contributed by atoms with Crippen LogP contribution in [-0.2, 0) is 0 Å². The third kappa shape index (κ3) is 2.45. The van der Waals surface area contributed by atoms with Gasteiger partial charge in [0.1, 0.15) is 0 Å². The molecule has 0 amide bonds. The minimum Gasteiger partial charge on any atom is -0.329 e. The SMILES string of the molecule is CCC(C)CN(C)C1(CN)CCN2CCCCC21. The Morgan fingerprint density at radius 1 is 1.39 bits per heavy atom. The van der Waals surface area contributed by atoms with E-state index in [2.05, 4.69) is 30.7 Å². The van der Waals surface area contributed by atoms with E-state index in [0.717, 1.165) is 12.5 Å². The summed E-state index contributed by atoms with van der Waals surface area (Å²) in [4.78, 5) is 5.29. The van der Waals surface area contributed by atoms with Crippen molar-refractivity contribution in [3.05, 3.63) is 0 Å². The molecule has 0 radical (unpaired) electrons. The standard InChI is InChI=1S/C15H31N3/c1-4-13(2)11-17(3)15(12-16)8-10-18-9-6-5-7-14(15)18/h13-14H,4-12,16H2,1-3H3. The fourth-order valence-corrected chi connectivity index (χ4v) is 3.99. The van der Waals surface area contributed by atoms with Crippen LogP contribution in [-0.4, -0.2) is 54.6 Å². The number of nitrogens with two attached hydrogens (primary N) is 1. The second-order valence-electron chi connectivity index (χ2n) is 6.50. The van der Waals surface area contributed by atoms with Gasteiger partial charge in [-0.1, -0.05) is 26.7 Å². The molecule has 0 aromatic rings. The Bertz CT molecular complexity index is 268. The zero-order chi connectivity index (χ0) is 13.2. The van der Waals surface area contributed by atoms with Crippen molar-refractivity contribution in [2.75, 3.05) is 33.2 Å². The molecule has 3 unspecified atom stereocenters. The summed E-state index contributed by atoms with van der Waals surface area (Å²) in [5.74, 6) is 0.774. The summed E-state index contributed by atoms with van der Waals surface area (Å²) >= 11 is 0. The zero-order valence-corrected chi connectivity index (χ0v) is 12.5. The van der Waals surface area contributed by atoms with E-state index >= 15 is 0 Å². The lowest BCUT2D eigenvalue weighted by atomic mass is 9.83. The normalized spacial score (nSPS) is 34.8. The van der Waals surface area contributed by atoms with Gasteiger partial charge in [0.2, 0.25) is 0 Å². The van der Waals surface area contributed by atoms with Crippen LogP contribution < -0.4 is 5.73 Å². The van der Waals surface area contributed by atoms with Crippen LogP contribution in [0, 0.1) is 5.92 Å². The quantitative estimate of drug-likeness (QED) is 0.812. The Morgan fingerprint density at radius 3 is 2.83 bits per heavy atom. The Kier molecular flexibility index (Phi) is 4.68. The van der Waals surface area contributed by atoms with Crippen LogP contribution in [0.3, 0.4) is 0 Å². The highest BCUT2D eigenvalue weighted by molar-refractivity contribution is 5.08. The predicted molar refractivity (Wildman–Crippen MR) is 77.7 cm³/mol. The Morgan fingerprint density at radius 2 is 2.17 bits per heavy atom. The van der Waals surface area contributed by atoms with Crippen LogP contribution >= 0.6 is 0 Å². The Balaban J connectivity index is 2.09. The molecule has 2 heterocycles. The molecule has 2 saturated heterocycles. The van der Waals surface area contributed by atoms with Gasteiger partial charge in [0.15, 0.2) is 0 Å². The van der Waals surface area contributed by atoms with Gasteiger partial charge >= 0.3 is 0 Å². The van der Waals surface area contributed by atoms with Gasteiger partial charge in [0.25, 0.3) is 0 Å². The van der Waals surface area contributed by atoms with Gasteiger partial charge in [-0.2, -0.15) is 0 Å². The number of hydrogen-bond donors (Lipinski definition) is 1. The first-order chi connectivity index (χ1) is 8.64. The first kappa shape index (κ1) is 14.3. The molecule has 0 aromatic heterocycles. The van der Waals surface area contributed by atoms with Gasteiger partial charge in [0.05, 0.1) is 0 Å². The smallest absolute Gasteiger partial charge is 0.0496 e. The third-order valence-electron chi connectivity index (χ3n) is 5.46. The van der Waals surface area contributed by atoms with E-state index in [-0.39, 0.29) is 5.54 Å². The highest BCUT2D eigenvalue weighted by Gasteiger charge is 2.49. The number of nitrogens with zero attached hydrogens (tertiary/aromatic N) is 2. The summed E-state index contributed by atoms with van der Waals surface area (Å²) in [7, 11) is 2.30. The van der Waals surface area contributed by atoms with Gasteiger partial charge in [-0.05, 0) is 38.8 Å². The molecule has 3 heteroatoms. The zero-order valence-electron chi connectivity index (χ0n) is 12.5. The van der Waals surface area contributed by atoms with Crippen LogP contribution in [0.25, 0.3) is 0 Å². The van der Waals surface area contributed by atoms with Crippen molar-refractivity contribution in [2.45, 2.75) is 57.5 Å². The van der Waals surface area contributed by atoms with E-state index in [9.17, 15) is 0 Å². The molecule has 0 aromatic carbocycles. The summed E-state index contributed by atoms with van der Waals surface area (Å²) in [6, 6.07) is 0.713. The maximum Gasteiger partial charge on any atom is 0.0496 e. The summed E-state index contributed by atoms with van der Waals surface area (Å²) in [5, 5.41) is 0. The van der Waals surface area contributed by atoms with Crippen molar-refractivity contribution in [1.29, 1.82) is 0 Å². The average molecular weight is 253 g/mol. The van der Waals surface area contributed by atoms with Crippen molar-refractivity contribution in [3.8, 4) is 0 Å². The van der Waals surface area contributed by atoms with Crippen LogP contribution in [0.2, 0.25) is 0 Å². The number of rotatable bonds is 5. The lowest BCUT2D eigenvalue weighted by molar-refractivity contribution is 0.0470. The van der Waals surface area contributed by atoms with Crippen molar-refractivity contribution in [2.24, 2.45) is 11.7 Å². The summed E-state index contributed by atoms with van der Waals surface area (Å²) < 4.78 is 0. The molecule has 0 spiro atoms. The van der Waals surface area contributed by atoms with Gasteiger partial charge in [0, 0.05) is 31.2 Å². The molecule has 2 fully saturated rings. The van der Waals surface area contributed by atoms with Gasteiger partial charge in [-0.3, -0.25) is 9.80 Å². The summed E-state index contributed by atoms with van der Waals surface area (Å²) in [6.45, 7) is 9.21. The van der Waals surface area contributed by atoms with E-state index < -0.39 is 0 Å². The topological polar surface area (TPSA) is 32.5 Å². The lowest BCUT2D eigenvalue weighted by Gasteiger charge is -2.46. The number of piperidine rings is 1. The van der Waals surface area contributed by atoms with E-state index in [1.54, 1.807) is 0 Å². The van der Waals surface area contributed by atoms with Crippen molar-refractivity contribution < 1.29 is 0 Å². The molecule has 2 rings (SSSR count). The van der Waals surface area contributed by atoms with E-state index in [0.29, 0.717) is 6.04 Å². The Hall–Kier alpha value is -0.120. The second kappa shape index (κ2) is 5.89.